The Bertz CT molecular complexity index is 1050. The fraction of sp³-hybridized carbons (Fsp3) is 0.280. The maximum Gasteiger partial charge on any atom is 0.309 e. The summed E-state index contributed by atoms with van der Waals surface area (Å²) in [5.74, 6) is -0.608. The number of halogens is 1. The van der Waals surface area contributed by atoms with E-state index in [0.717, 1.165) is 37.5 Å². The smallest absolute Gasteiger partial charge is 0.309 e. The van der Waals surface area contributed by atoms with Crippen LogP contribution in [-0.4, -0.2) is 49.4 Å². The van der Waals surface area contributed by atoms with Crippen molar-refractivity contribution >= 4 is 29.1 Å². The Kier molecular flexibility index (Phi) is 7.65. The van der Waals surface area contributed by atoms with Crippen LogP contribution in [0, 0.1) is 0 Å². The summed E-state index contributed by atoms with van der Waals surface area (Å²) in [5.41, 5.74) is 1.96. The highest BCUT2D eigenvalue weighted by Gasteiger charge is 2.28. The molecule has 1 aliphatic heterocycles. The van der Waals surface area contributed by atoms with Crippen molar-refractivity contribution in [3.8, 4) is 0 Å². The Balaban J connectivity index is 1.32. The summed E-state index contributed by atoms with van der Waals surface area (Å²) in [7, 11) is 0. The molecular formula is C25H27ClN4O3. The van der Waals surface area contributed by atoms with Gasteiger partial charge < -0.3 is 20.0 Å². The van der Waals surface area contributed by atoms with Crippen LogP contribution >= 0.6 is 11.6 Å². The number of hydrogen-bond acceptors (Lipinski definition) is 5. The number of furan rings is 1. The number of nitrogens with zero attached hydrogens (tertiary/aromatic N) is 2. The normalized spacial score (nSPS) is 15.1. The highest BCUT2D eigenvalue weighted by atomic mass is 35.5. The lowest BCUT2D eigenvalue weighted by Gasteiger charge is -2.39. The number of amides is 2. The number of carbonyl (C=O) groups is 2. The van der Waals surface area contributed by atoms with Crippen molar-refractivity contribution in [2.24, 2.45) is 0 Å². The summed E-state index contributed by atoms with van der Waals surface area (Å²) in [5, 5.41) is 5.93. The molecule has 0 spiro atoms. The predicted octanol–water partition coefficient (Wildman–Crippen LogP) is 3.23. The van der Waals surface area contributed by atoms with Gasteiger partial charge in [-0.15, -0.1) is 0 Å². The molecule has 4 rings (SSSR count). The number of hydrogen-bond donors (Lipinski definition) is 2. The Morgan fingerprint density at radius 2 is 1.58 bits per heavy atom. The van der Waals surface area contributed by atoms with Crippen LogP contribution < -0.4 is 15.5 Å². The number of nitrogens with one attached hydrogen (secondary N) is 2. The summed E-state index contributed by atoms with van der Waals surface area (Å²) in [6, 6.07) is 21.1. The van der Waals surface area contributed by atoms with Crippen molar-refractivity contribution < 1.29 is 14.0 Å². The molecule has 0 saturated carbocycles. The van der Waals surface area contributed by atoms with Crippen LogP contribution in [-0.2, 0) is 16.1 Å². The molecule has 2 amide bonds. The predicted molar refractivity (Wildman–Crippen MR) is 128 cm³/mol. The molecule has 1 aliphatic rings. The lowest BCUT2D eigenvalue weighted by Crippen LogP contribution is -2.50. The molecule has 1 aromatic heterocycles. The second-order valence-electron chi connectivity index (χ2n) is 7.87. The Labute approximate surface area is 198 Å². The number of anilines is 1. The zero-order valence-corrected chi connectivity index (χ0v) is 19.0. The van der Waals surface area contributed by atoms with Gasteiger partial charge in [0, 0.05) is 50.0 Å². The molecule has 0 unspecified atom stereocenters. The molecule has 2 aromatic carbocycles. The quantitative estimate of drug-likeness (QED) is 0.523. The van der Waals surface area contributed by atoms with E-state index in [-0.39, 0.29) is 19.1 Å². The van der Waals surface area contributed by atoms with Crippen molar-refractivity contribution in [3.05, 3.63) is 89.3 Å². The molecule has 2 heterocycles. The Morgan fingerprint density at radius 3 is 2.27 bits per heavy atom. The first kappa shape index (κ1) is 22.9. The minimum absolute atomic E-state index is 0.154. The van der Waals surface area contributed by atoms with Crippen molar-refractivity contribution in [3.63, 3.8) is 0 Å². The van der Waals surface area contributed by atoms with Gasteiger partial charge in [-0.2, -0.15) is 0 Å². The van der Waals surface area contributed by atoms with Gasteiger partial charge in [0.2, 0.25) is 0 Å². The number of piperazine rings is 1. The van der Waals surface area contributed by atoms with Crippen LogP contribution in [0.3, 0.4) is 0 Å². The van der Waals surface area contributed by atoms with Crippen LogP contribution in [0.15, 0.2) is 77.4 Å². The molecule has 0 radical (unpaired) electrons. The summed E-state index contributed by atoms with van der Waals surface area (Å²) in [6.07, 6.45) is 1.63. The minimum atomic E-state index is -0.693. The number of benzene rings is 2. The molecule has 1 fully saturated rings. The molecule has 7 nitrogen and oxygen atoms in total. The van der Waals surface area contributed by atoms with E-state index in [0.29, 0.717) is 5.02 Å². The van der Waals surface area contributed by atoms with Crippen LogP contribution in [0.2, 0.25) is 5.02 Å². The fourth-order valence-corrected chi connectivity index (χ4v) is 4.19. The van der Waals surface area contributed by atoms with Gasteiger partial charge in [-0.1, -0.05) is 48.0 Å². The number of rotatable bonds is 7. The zero-order chi connectivity index (χ0) is 23.0. The van der Waals surface area contributed by atoms with Crippen LogP contribution in [0.5, 0.6) is 0 Å². The van der Waals surface area contributed by atoms with E-state index in [4.69, 9.17) is 16.0 Å². The SMILES string of the molecule is O=C(NCc1ccccc1Cl)C(=O)NC[C@H](c1ccco1)N1CCN(c2ccccc2)CC1. The van der Waals surface area contributed by atoms with Crippen LogP contribution in [0.25, 0.3) is 0 Å². The largest absolute Gasteiger partial charge is 0.468 e. The van der Waals surface area contributed by atoms with Gasteiger partial charge in [-0.25, -0.2) is 0 Å². The van der Waals surface area contributed by atoms with Gasteiger partial charge in [0.05, 0.1) is 12.3 Å². The second kappa shape index (κ2) is 11.0. The molecule has 172 valence electrons. The first-order valence-electron chi connectivity index (χ1n) is 11.0. The molecule has 1 saturated heterocycles. The summed E-state index contributed by atoms with van der Waals surface area (Å²) >= 11 is 6.11. The summed E-state index contributed by atoms with van der Waals surface area (Å²) in [4.78, 5) is 29.3. The van der Waals surface area contributed by atoms with Crippen molar-refractivity contribution in [2.75, 3.05) is 37.6 Å². The van der Waals surface area contributed by atoms with Gasteiger partial charge >= 0.3 is 11.8 Å². The summed E-state index contributed by atoms with van der Waals surface area (Å²) < 4.78 is 5.65. The topological polar surface area (TPSA) is 77.8 Å². The van der Waals surface area contributed by atoms with E-state index in [9.17, 15) is 9.59 Å². The van der Waals surface area contributed by atoms with Crippen LogP contribution in [0.1, 0.15) is 17.4 Å². The lowest BCUT2D eigenvalue weighted by molar-refractivity contribution is -0.139. The molecule has 2 N–H and O–H groups in total. The van der Waals surface area contributed by atoms with Crippen molar-refractivity contribution in [1.29, 1.82) is 0 Å². The highest BCUT2D eigenvalue weighted by molar-refractivity contribution is 6.35. The first-order valence-corrected chi connectivity index (χ1v) is 11.4. The van der Waals surface area contributed by atoms with E-state index in [1.807, 2.05) is 48.5 Å². The lowest BCUT2D eigenvalue weighted by atomic mass is 10.1. The van der Waals surface area contributed by atoms with Crippen molar-refractivity contribution in [2.45, 2.75) is 12.6 Å². The van der Waals surface area contributed by atoms with E-state index in [2.05, 4.69) is 32.6 Å². The van der Waals surface area contributed by atoms with Gasteiger partial charge in [0.15, 0.2) is 0 Å². The highest BCUT2D eigenvalue weighted by Crippen LogP contribution is 2.24. The van der Waals surface area contributed by atoms with Gasteiger partial charge in [0.1, 0.15) is 5.76 Å². The van der Waals surface area contributed by atoms with E-state index >= 15 is 0 Å². The number of carbonyl (C=O) groups excluding carboxylic acids is 2. The number of para-hydroxylation sites is 1. The molecule has 0 bridgehead atoms. The van der Waals surface area contributed by atoms with Crippen molar-refractivity contribution in [1.82, 2.24) is 15.5 Å². The molecule has 0 aliphatic carbocycles. The van der Waals surface area contributed by atoms with E-state index < -0.39 is 11.8 Å². The molecular weight excluding hydrogens is 440 g/mol. The Hall–Kier alpha value is -3.29. The van der Waals surface area contributed by atoms with E-state index in [1.165, 1.54) is 5.69 Å². The minimum Gasteiger partial charge on any atom is -0.468 e. The second-order valence-corrected chi connectivity index (χ2v) is 8.28. The third-order valence-corrected chi connectivity index (χ3v) is 6.18. The van der Waals surface area contributed by atoms with Crippen LogP contribution in [0.4, 0.5) is 5.69 Å². The Morgan fingerprint density at radius 1 is 0.879 bits per heavy atom. The molecule has 3 aromatic rings. The van der Waals surface area contributed by atoms with E-state index in [1.54, 1.807) is 12.3 Å². The standard InChI is InChI=1S/C25H27ClN4O3/c26-21-10-5-4-7-19(21)17-27-24(31)25(32)28-18-22(23-11-6-16-33-23)30-14-12-29(13-15-30)20-8-2-1-3-9-20/h1-11,16,22H,12-15,17-18H2,(H,27,31)(H,28,32)/t22-/m1/s1. The average Bonchev–Trinajstić information content (AvgIpc) is 3.39. The monoisotopic (exact) mass is 466 g/mol. The maximum absolute atomic E-state index is 12.4. The van der Waals surface area contributed by atoms with Gasteiger partial charge in [-0.05, 0) is 35.9 Å². The van der Waals surface area contributed by atoms with Gasteiger partial charge in [-0.3, -0.25) is 14.5 Å². The first-order chi connectivity index (χ1) is 16.1. The maximum atomic E-state index is 12.4. The average molecular weight is 467 g/mol. The third kappa shape index (κ3) is 5.94. The zero-order valence-electron chi connectivity index (χ0n) is 18.2. The molecule has 33 heavy (non-hydrogen) atoms. The molecule has 8 heteroatoms. The fourth-order valence-electron chi connectivity index (χ4n) is 3.99. The summed E-state index contributed by atoms with van der Waals surface area (Å²) in [6.45, 7) is 3.83. The third-order valence-electron chi connectivity index (χ3n) is 5.81. The molecule has 1 atom stereocenters. The van der Waals surface area contributed by atoms with Gasteiger partial charge in [0.25, 0.3) is 0 Å².